The van der Waals surface area contributed by atoms with E-state index in [1.807, 2.05) is 24.4 Å². The average molecular weight is 270 g/mol. The van der Waals surface area contributed by atoms with Crippen molar-refractivity contribution in [1.29, 1.82) is 0 Å². The summed E-state index contributed by atoms with van der Waals surface area (Å²) >= 11 is 0. The van der Waals surface area contributed by atoms with Gasteiger partial charge in [0.1, 0.15) is 0 Å². The second-order valence-corrected chi connectivity index (χ2v) is 4.88. The van der Waals surface area contributed by atoms with Gasteiger partial charge in [-0.1, -0.05) is 31.2 Å². The van der Waals surface area contributed by atoms with Gasteiger partial charge in [0.2, 0.25) is 0 Å². The summed E-state index contributed by atoms with van der Waals surface area (Å²) in [5.41, 5.74) is 1.70. The molecule has 0 fully saturated rings. The molecule has 20 heavy (non-hydrogen) atoms. The van der Waals surface area contributed by atoms with Crippen molar-refractivity contribution in [2.24, 2.45) is 0 Å². The lowest BCUT2D eigenvalue weighted by atomic mass is 10.0. The first-order valence-electron chi connectivity index (χ1n) is 6.99. The molecule has 0 atom stereocenters. The number of aryl methyl sites for hydroxylation is 1. The Hall–Kier alpha value is -2.14. The fourth-order valence-electron chi connectivity index (χ4n) is 2.58. The standard InChI is InChI=1S/C15H18N4O/c1-2-16-9-5-6-11-10-19-14(17-18-15(19)20)13-8-4-3-7-12(11)13/h3-4,7-8,10,16H,2,5-6,9H2,1H3,(H,18,20). The molecular weight excluding hydrogens is 252 g/mol. The number of nitrogens with zero attached hydrogens (tertiary/aromatic N) is 2. The zero-order valence-corrected chi connectivity index (χ0v) is 11.5. The van der Waals surface area contributed by atoms with Crippen LogP contribution in [0.4, 0.5) is 0 Å². The van der Waals surface area contributed by atoms with Crippen molar-refractivity contribution < 1.29 is 0 Å². The molecule has 2 heterocycles. The largest absolute Gasteiger partial charge is 0.347 e. The van der Waals surface area contributed by atoms with Gasteiger partial charge < -0.3 is 5.32 Å². The highest BCUT2D eigenvalue weighted by Crippen LogP contribution is 2.22. The van der Waals surface area contributed by atoms with Crippen LogP contribution in [0, 0.1) is 0 Å². The number of fused-ring (bicyclic) bond motifs is 3. The topological polar surface area (TPSA) is 62.2 Å². The summed E-state index contributed by atoms with van der Waals surface area (Å²) in [6, 6.07) is 8.11. The molecule has 0 saturated heterocycles. The molecule has 0 radical (unpaired) electrons. The summed E-state index contributed by atoms with van der Waals surface area (Å²) in [6.07, 6.45) is 3.91. The van der Waals surface area contributed by atoms with E-state index >= 15 is 0 Å². The van der Waals surface area contributed by atoms with Crippen LogP contribution in [0.25, 0.3) is 16.4 Å². The highest BCUT2D eigenvalue weighted by Gasteiger charge is 2.09. The lowest BCUT2D eigenvalue weighted by Crippen LogP contribution is -2.15. The molecule has 0 spiro atoms. The van der Waals surface area contributed by atoms with E-state index in [0.29, 0.717) is 5.65 Å². The monoisotopic (exact) mass is 270 g/mol. The van der Waals surface area contributed by atoms with Crippen molar-refractivity contribution >= 4 is 16.4 Å². The van der Waals surface area contributed by atoms with Crippen molar-refractivity contribution in [1.82, 2.24) is 19.9 Å². The van der Waals surface area contributed by atoms with Crippen LogP contribution >= 0.6 is 0 Å². The number of benzene rings is 1. The van der Waals surface area contributed by atoms with E-state index in [4.69, 9.17) is 0 Å². The molecule has 2 aromatic heterocycles. The smallest absolute Gasteiger partial charge is 0.317 e. The maximum absolute atomic E-state index is 11.8. The normalized spacial score (nSPS) is 11.4. The van der Waals surface area contributed by atoms with Gasteiger partial charge in [-0.05, 0) is 36.9 Å². The van der Waals surface area contributed by atoms with Gasteiger partial charge in [-0.15, -0.1) is 0 Å². The minimum Gasteiger partial charge on any atom is -0.317 e. The van der Waals surface area contributed by atoms with Crippen molar-refractivity contribution in [3.8, 4) is 0 Å². The minimum absolute atomic E-state index is 0.182. The Bertz CT molecular complexity index is 787. The zero-order chi connectivity index (χ0) is 13.9. The van der Waals surface area contributed by atoms with Gasteiger partial charge in [0.15, 0.2) is 5.65 Å². The van der Waals surface area contributed by atoms with Gasteiger partial charge in [-0.3, -0.25) is 0 Å². The summed E-state index contributed by atoms with van der Waals surface area (Å²) in [5.74, 6) is 0. The van der Waals surface area contributed by atoms with E-state index < -0.39 is 0 Å². The highest BCUT2D eigenvalue weighted by atomic mass is 16.1. The summed E-state index contributed by atoms with van der Waals surface area (Å²) in [7, 11) is 0. The van der Waals surface area contributed by atoms with Crippen LogP contribution in [-0.4, -0.2) is 27.7 Å². The van der Waals surface area contributed by atoms with Gasteiger partial charge in [-0.25, -0.2) is 14.3 Å². The number of aromatic amines is 1. The maximum atomic E-state index is 11.8. The van der Waals surface area contributed by atoms with Crippen molar-refractivity contribution in [3.63, 3.8) is 0 Å². The quantitative estimate of drug-likeness (QED) is 0.694. The van der Waals surface area contributed by atoms with Crippen LogP contribution in [-0.2, 0) is 6.42 Å². The van der Waals surface area contributed by atoms with Crippen molar-refractivity contribution in [2.45, 2.75) is 19.8 Å². The number of pyridine rings is 1. The lowest BCUT2D eigenvalue weighted by Gasteiger charge is -2.08. The second kappa shape index (κ2) is 5.46. The molecule has 1 aromatic carbocycles. The Morgan fingerprint density at radius 1 is 1.30 bits per heavy atom. The number of nitrogens with one attached hydrogen (secondary N) is 2. The van der Waals surface area contributed by atoms with Crippen LogP contribution in [0.2, 0.25) is 0 Å². The van der Waals surface area contributed by atoms with Crippen LogP contribution in [0.1, 0.15) is 18.9 Å². The molecule has 0 aliphatic heterocycles. The molecule has 0 bridgehead atoms. The van der Waals surface area contributed by atoms with E-state index in [2.05, 4.69) is 28.5 Å². The van der Waals surface area contributed by atoms with Gasteiger partial charge in [0, 0.05) is 11.6 Å². The average Bonchev–Trinajstić information content (AvgIpc) is 2.85. The number of H-pyrrole nitrogens is 1. The predicted molar refractivity (Wildman–Crippen MR) is 80.2 cm³/mol. The Morgan fingerprint density at radius 3 is 2.90 bits per heavy atom. The molecule has 0 aliphatic carbocycles. The predicted octanol–water partition coefficient (Wildman–Crippen LogP) is 1.72. The maximum Gasteiger partial charge on any atom is 0.347 e. The van der Waals surface area contributed by atoms with Crippen LogP contribution in [0.5, 0.6) is 0 Å². The molecule has 0 amide bonds. The number of hydrogen-bond acceptors (Lipinski definition) is 3. The fraction of sp³-hybridized carbons (Fsp3) is 0.333. The van der Waals surface area contributed by atoms with Crippen molar-refractivity contribution in [3.05, 3.63) is 46.5 Å². The molecule has 3 aromatic rings. The molecule has 104 valence electrons. The summed E-state index contributed by atoms with van der Waals surface area (Å²) in [5, 5.41) is 12.1. The summed E-state index contributed by atoms with van der Waals surface area (Å²) in [4.78, 5) is 11.8. The molecule has 5 heteroatoms. The third-order valence-electron chi connectivity index (χ3n) is 3.55. The van der Waals surface area contributed by atoms with E-state index in [9.17, 15) is 4.79 Å². The zero-order valence-electron chi connectivity index (χ0n) is 11.5. The molecular formula is C15H18N4O. The summed E-state index contributed by atoms with van der Waals surface area (Å²) in [6.45, 7) is 4.08. The van der Waals surface area contributed by atoms with Gasteiger partial charge in [0.05, 0.1) is 0 Å². The Morgan fingerprint density at radius 2 is 2.10 bits per heavy atom. The third kappa shape index (κ3) is 2.20. The third-order valence-corrected chi connectivity index (χ3v) is 3.55. The Kier molecular flexibility index (Phi) is 3.52. The summed E-state index contributed by atoms with van der Waals surface area (Å²) < 4.78 is 1.60. The first kappa shape index (κ1) is 12.9. The molecule has 0 saturated carbocycles. The molecule has 2 N–H and O–H groups in total. The number of hydrogen-bond donors (Lipinski definition) is 2. The van der Waals surface area contributed by atoms with E-state index in [0.717, 1.165) is 31.3 Å². The minimum atomic E-state index is -0.182. The van der Waals surface area contributed by atoms with Crippen molar-refractivity contribution in [2.75, 3.05) is 13.1 Å². The first-order chi connectivity index (χ1) is 9.81. The van der Waals surface area contributed by atoms with Crippen LogP contribution in [0.3, 0.4) is 0 Å². The van der Waals surface area contributed by atoms with E-state index in [1.165, 1.54) is 10.9 Å². The first-order valence-corrected chi connectivity index (χ1v) is 6.99. The molecule has 5 nitrogen and oxygen atoms in total. The Labute approximate surface area is 116 Å². The Balaban J connectivity index is 2.08. The van der Waals surface area contributed by atoms with Crippen LogP contribution < -0.4 is 11.0 Å². The van der Waals surface area contributed by atoms with Crippen LogP contribution in [0.15, 0.2) is 35.3 Å². The molecule has 3 rings (SSSR count). The van der Waals surface area contributed by atoms with Gasteiger partial charge in [-0.2, -0.15) is 5.10 Å². The second-order valence-electron chi connectivity index (χ2n) is 4.88. The molecule has 0 aliphatic rings. The lowest BCUT2D eigenvalue weighted by molar-refractivity contribution is 0.673. The number of aromatic nitrogens is 3. The van der Waals surface area contributed by atoms with Gasteiger partial charge >= 0.3 is 5.69 Å². The van der Waals surface area contributed by atoms with E-state index in [-0.39, 0.29) is 5.69 Å². The molecule has 0 unspecified atom stereocenters. The highest BCUT2D eigenvalue weighted by molar-refractivity contribution is 5.95. The SMILES string of the molecule is CCNCCCc1cn2c(=O)[nH]nc2c2ccccc12. The van der Waals surface area contributed by atoms with Gasteiger partial charge in [0.25, 0.3) is 0 Å². The number of rotatable bonds is 5. The van der Waals surface area contributed by atoms with E-state index in [1.54, 1.807) is 4.40 Å². The fourth-order valence-corrected chi connectivity index (χ4v) is 2.58.